The van der Waals surface area contributed by atoms with Crippen LogP contribution in [0.4, 0.5) is 5.82 Å². The van der Waals surface area contributed by atoms with Gasteiger partial charge in [-0.05, 0) is 12.1 Å². The van der Waals surface area contributed by atoms with Crippen molar-refractivity contribution >= 4 is 45.5 Å². The molecule has 1 aliphatic rings. The summed E-state index contributed by atoms with van der Waals surface area (Å²) in [7, 11) is 0. The van der Waals surface area contributed by atoms with E-state index >= 15 is 0 Å². The van der Waals surface area contributed by atoms with E-state index in [-0.39, 0.29) is 18.2 Å². The number of benzene rings is 1. The molecule has 134 valence electrons. The van der Waals surface area contributed by atoms with Crippen LogP contribution in [0.1, 0.15) is 23.0 Å². The Labute approximate surface area is 162 Å². The van der Waals surface area contributed by atoms with Gasteiger partial charge in [0.15, 0.2) is 17.0 Å². The lowest BCUT2D eigenvalue weighted by molar-refractivity contribution is -0.00221. The van der Waals surface area contributed by atoms with Gasteiger partial charge in [-0.3, -0.25) is 9.36 Å². The molecule has 0 aliphatic carbocycles. The number of rotatable bonds is 4. The van der Waals surface area contributed by atoms with Crippen molar-refractivity contribution in [1.29, 1.82) is 0 Å². The van der Waals surface area contributed by atoms with Crippen molar-refractivity contribution in [2.75, 3.05) is 9.74 Å². The number of aliphatic hydroxyl groups is 1. The predicted octanol–water partition coefficient (Wildman–Crippen LogP) is 2.16. The first kappa shape index (κ1) is 17.3. The normalized spacial score (nSPS) is 22.6. The Morgan fingerprint density at radius 2 is 2.12 bits per heavy atom. The summed E-state index contributed by atoms with van der Waals surface area (Å²) in [5.41, 5.74) is 1.56. The number of aliphatic hydroxyl groups excluding tert-OH is 1. The van der Waals surface area contributed by atoms with E-state index in [9.17, 15) is 9.90 Å². The van der Waals surface area contributed by atoms with Crippen LogP contribution < -0.4 is 5.32 Å². The summed E-state index contributed by atoms with van der Waals surface area (Å²) in [4.78, 5) is 25.2. The van der Waals surface area contributed by atoms with Gasteiger partial charge in [0.1, 0.15) is 12.6 Å². The van der Waals surface area contributed by atoms with E-state index < -0.39 is 6.10 Å². The van der Waals surface area contributed by atoms with Crippen LogP contribution in [0.15, 0.2) is 43.0 Å². The van der Waals surface area contributed by atoms with Gasteiger partial charge in [0.05, 0.1) is 18.5 Å². The zero-order chi connectivity index (χ0) is 18.1. The first-order valence-corrected chi connectivity index (χ1v) is 9.63. The molecule has 2 aromatic heterocycles. The van der Waals surface area contributed by atoms with Crippen molar-refractivity contribution in [2.24, 2.45) is 0 Å². The number of aromatic nitrogens is 4. The van der Waals surface area contributed by atoms with Gasteiger partial charge in [-0.15, -0.1) is 0 Å². The van der Waals surface area contributed by atoms with Crippen molar-refractivity contribution in [3.8, 4) is 0 Å². The number of ether oxygens (including phenoxy) is 1. The fraction of sp³-hybridized carbons (Fsp3) is 0.294. The van der Waals surface area contributed by atoms with Gasteiger partial charge in [-0.2, -0.15) is 0 Å². The third kappa shape index (κ3) is 3.17. The molecule has 9 heteroatoms. The van der Waals surface area contributed by atoms with Crippen LogP contribution in [0.5, 0.6) is 0 Å². The second-order valence-corrected chi connectivity index (χ2v) is 6.83. The SMILES string of the molecule is O=C(Nc1ncnc2c1ncn2[C@H]1C[C@H](O)[C@@H](CI)O1)c1ccccc1. The molecule has 3 atom stereocenters. The number of imidazole rings is 1. The summed E-state index contributed by atoms with van der Waals surface area (Å²) in [6.07, 6.45) is 2.37. The van der Waals surface area contributed by atoms with Crippen molar-refractivity contribution in [1.82, 2.24) is 19.5 Å². The van der Waals surface area contributed by atoms with E-state index in [1.807, 2.05) is 6.07 Å². The van der Waals surface area contributed by atoms with Gasteiger partial charge in [0.25, 0.3) is 5.91 Å². The molecule has 1 aromatic carbocycles. The number of carbonyl (C=O) groups excluding carboxylic acids is 1. The minimum atomic E-state index is -0.520. The summed E-state index contributed by atoms with van der Waals surface area (Å²) < 4.78 is 8.36. The van der Waals surface area contributed by atoms with E-state index in [1.54, 1.807) is 35.2 Å². The molecule has 3 aromatic rings. The van der Waals surface area contributed by atoms with Crippen LogP contribution in [-0.4, -0.2) is 47.2 Å². The molecule has 0 saturated carbocycles. The molecule has 3 heterocycles. The number of nitrogens with zero attached hydrogens (tertiary/aromatic N) is 4. The lowest BCUT2D eigenvalue weighted by Crippen LogP contribution is -2.21. The number of amides is 1. The van der Waals surface area contributed by atoms with E-state index in [4.69, 9.17) is 4.74 Å². The predicted molar refractivity (Wildman–Crippen MR) is 103 cm³/mol. The first-order valence-electron chi connectivity index (χ1n) is 8.11. The largest absolute Gasteiger partial charge is 0.390 e. The summed E-state index contributed by atoms with van der Waals surface area (Å²) in [5.74, 6) is 0.0734. The van der Waals surface area contributed by atoms with Crippen molar-refractivity contribution < 1.29 is 14.6 Å². The molecule has 1 saturated heterocycles. The Kier molecular flexibility index (Phi) is 4.83. The van der Waals surface area contributed by atoms with Crippen molar-refractivity contribution in [3.63, 3.8) is 0 Å². The maximum atomic E-state index is 12.4. The topological polar surface area (TPSA) is 102 Å². The maximum Gasteiger partial charge on any atom is 0.256 e. The average Bonchev–Trinajstić information content (AvgIpc) is 3.26. The standard InChI is InChI=1S/C17H16IN5O3/c18-7-12-11(24)6-13(26-12)23-9-21-14-15(19-8-20-16(14)23)22-17(25)10-4-2-1-3-5-10/h1-5,8-9,11-13,24H,6-7H2,(H,19,20,22,25)/t11-,12+,13+/m0/s1. The van der Waals surface area contributed by atoms with Gasteiger partial charge in [0, 0.05) is 16.4 Å². The summed E-state index contributed by atoms with van der Waals surface area (Å²) >= 11 is 2.19. The molecule has 1 fully saturated rings. The monoisotopic (exact) mass is 465 g/mol. The fourth-order valence-corrected chi connectivity index (χ4v) is 3.74. The van der Waals surface area contributed by atoms with Crippen LogP contribution >= 0.6 is 22.6 Å². The fourth-order valence-electron chi connectivity index (χ4n) is 2.95. The highest BCUT2D eigenvalue weighted by Crippen LogP contribution is 2.32. The third-order valence-corrected chi connectivity index (χ3v) is 5.16. The third-order valence-electron chi connectivity index (χ3n) is 4.29. The zero-order valence-corrected chi connectivity index (χ0v) is 15.8. The number of fused-ring (bicyclic) bond motifs is 1. The van der Waals surface area contributed by atoms with Gasteiger partial charge in [0.2, 0.25) is 0 Å². The minimum Gasteiger partial charge on any atom is -0.390 e. The number of carbonyl (C=O) groups is 1. The first-order chi connectivity index (χ1) is 12.7. The molecule has 4 rings (SSSR count). The highest BCUT2D eigenvalue weighted by Gasteiger charge is 2.35. The quantitative estimate of drug-likeness (QED) is 0.453. The van der Waals surface area contributed by atoms with E-state index in [2.05, 4.69) is 42.9 Å². The summed E-state index contributed by atoms with van der Waals surface area (Å²) in [6, 6.07) is 8.89. The number of hydrogen-bond acceptors (Lipinski definition) is 6. The minimum absolute atomic E-state index is 0.211. The van der Waals surface area contributed by atoms with Gasteiger partial charge in [-0.1, -0.05) is 40.8 Å². The number of hydrogen-bond donors (Lipinski definition) is 2. The molecule has 26 heavy (non-hydrogen) atoms. The van der Waals surface area contributed by atoms with Crippen molar-refractivity contribution in [3.05, 3.63) is 48.5 Å². The molecule has 0 bridgehead atoms. The van der Waals surface area contributed by atoms with Gasteiger partial charge >= 0.3 is 0 Å². The van der Waals surface area contributed by atoms with Crippen LogP contribution in [-0.2, 0) is 4.74 Å². The molecule has 0 unspecified atom stereocenters. The smallest absolute Gasteiger partial charge is 0.256 e. The second-order valence-electron chi connectivity index (χ2n) is 5.95. The Morgan fingerprint density at radius 3 is 2.85 bits per heavy atom. The number of nitrogens with one attached hydrogen (secondary N) is 1. The zero-order valence-electron chi connectivity index (χ0n) is 13.6. The molecule has 8 nitrogen and oxygen atoms in total. The maximum absolute atomic E-state index is 12.4. The second kappa shape index (κ2) is 7.25. The van der Waals surface area contributed by atoms with E-state index in [0.29, 0.717) is 33.4 Å². The molecule has 2 N–H and O–H groups in total. The molecule has 1 aliphatic heterocycles. The highest BCUT2D eigenvalue weighted by atomic mass is 127. The molecular formula is C17H16IN5O3. The van der Waals surface area contributed by atoms with Crippen molar-refractivity contribution in [2.45, 2.75) is 24.9 Å². The Balaban J connectivity index is 1.63. The van der Waals surface area contributed by atoms with E-state index in [0.717, 1.165) is 0 Å². The number of anilines is 1. The van der Waals surface area contributed by atoms with Crippen LogP contribution in [0.2, 0.25) is 0 Å². The molecule has 0 spiro atoms. The Hall–Kier alpha value is -2.11. The Bertz CT molecular complexity index is 933. The lowest BCUT2D eigenvalue weighted by atomic mass is 10.2. The van der Waals surface area contributed by atoms with Gasteiger partial charge < -0.3 is 15.2 Å². The van der Waals surface area contributed by atoms with Crippen LogP contribution in [0, 0.1) is 0 Å². The molecular weight excluding hydrogens is 449 g/mol. The molecule has 1 amide bonds. The average molecular weight is 465 g/mol. The summed E-state index contributed by atoms with van der Waals surface area (Å²) in [6.45, 7) is 0. The highest BCUT2D eigenvalue weighted by molar-refractivity contribution is 14.1. The van der Waals surface area contributed by atoms with E-state index in [1.165, 1.54) is 6.33 Å². The molecule has 0 radical (unpaired) electrons. The lowest BCUT2D eigenvalue weighted by Gasteiger charge is -2.13. The van der Waals surface area contributed by atoms with Crippen LogP contribution in [0.3, 0.4) is 0 Å². The summed E-state index contributed by atoms with van der Waals surface area (Å²) in [5, 5.41) is 12.9. The van der Waals surface area contributed by atoms with Crippen LogP contribution in [0.25, 0.3) is 11.2 Å². The van der Waals surface area contributed by atoms with Gasteiger partial charge in [-0.25, -0.2) is 15.0 Å². The number of alkyl halides is 1. The Morgan fingerprint density at radius 1 is 1.31 bits per heavy atom. The number of halogens is 1.